The Morgan fingerprint density at radius 1 is 1.45 bits per heavy atom. The van der Waals surface area contributed by atoms with Crippen LogP contribution in [0.15, 0.2) is 12.1 Å². The lowest BCUT2D eigenvalue weighted by atomic mass is 10.1. The number of halogens is 1. The fraction of sp³-hybridized carbons (Fsp3) is 0.500. The number of carbonyl (C=O) groups excluding carboxylic acids is 1. The number of esters is 1. The molecule has 0 aliphatic carbocycles. The Morgan fingerprint density at radius 3 is 2.75 bits per heavy atom. The van der Waals surface area contributed by atoms with E-state index in [0.29, 0.717) is 22.0 Å². The van der Waals surface area contributed by atoms with Crippen LogP contribution in [0.5, 0.6) is 0 Å². The number of anilines is 2. The molecular weight excluding hydrogens is 278 g/mol. The Hall–Kier alpha value is -1.46. The Bertz CT molecular complexity index is 521. The molecule has 1 atom stereocenters. The van der Waals surface area contributed by atoms with E-state index >= 15 is 0 Å². The summed E-state index contributed by atoms with van der Waals surface area (Å²) in [6.07, 6.45) is 0. The molecule has 1 aromatic rings. The van der Waals surface area contributed by atoms with Gasteiger partial charge < -0.3 is 20.3 Å². The van der Waals surface area contributed by atoms with Gasteiger partial charge in [-0.05, 0) is 26.1 Å². The highest BCUT2D eigenvalue weighted by Gasteiger charge is 2.28. The molecule has 0 aromatic heterocycles. The SMILES string of the molecule is COC(=O)c1cc(N)cc(Cl)c1N1CCN(C)CC1C. The van der Waals surface area contributed by atoms with E-state index in [4.69, 9.17) is 22.1 Å². The van der Waals surface area contributed by atoms with E-state index < -0.39 is 5.97 Å². The minimum atomic E-state index is -0.416. The van der Waals surface area contributed by atoms with Crippen LogP contribution < -0.4 is 10.6 Å². The molecule has 6 heteroatoms. The monoisotopic (exact) mass is 297 g/mol. The Kier molecular flexibility index (Phi) is 4.40. The van der Waals surface area contributed by atoms with Crippen molar-refractivity contribution in [3.8, 4) is 0 Å². The van der Waals surface area contributed by atoms with E-state index in [0.717, 1.165) is 19.6 Å². The first-order chi connectivity index (χ1) is 9.43. The van der Waals surface area contributed by atoms with Gasteiger partial charge >= 0.3 is 5.97 Å². The molecular formula is C14H20ClN3O2. The summed E-state index contributed by atoms with van der Waals surface area (Å²) in [7, 11) is 3.44. The molecule has 1 aliphatic heterocycles. The number of piperazine rings is 1. The number of rotatable bonds is 2. The molecule has 1 aromatic carbocycles. The van der Waals surface area contributed by atoms with Gasteiger partial charge in [0, 0.05) is 31.4 Å². The lowest BCUT2D eigenvalue weighted by molar-refractivity contribution is 0.0601. The molecule has 0 spiro atoms. The first-order valence-corrected chi connectivity index (χ1v) is 6.94. The maximum Gasteiger partial charge on any atom is 0.340 e. The molecule has 1 aliphatic rings. The minimum absolute atomic E-state index is 0.262. The third-order valence-corrected chi connectivity index (χ3v) is 3.90. The molecule has 0 amide bonds. The molecule has 1 unspecified atom stereocenters. The van der Waals surface area contributed by atoms with Crippen molar-refractivity contribution in [2.24, 2.45) is 0 Å². The number of likely N-dealkylation sites (N-methyl/N-ethyl adjacent to an activating group) is 1. The number of nitrogens with zero attached hydrogens (tertiary/aromatic N) is 2. The average Bonchev–Trinajstić information content (AvgIpc) is 2.38. The summed E-state index contributed by atoms with van der Waals surface area (Å²) in [4.78, 5) is 16.4. The number of hydrogen-bond acceptors (Lipinski definition) is 5. The van der Waals surface area contributed by atoms with Gasteiger partial charge in [-0.3, -0.25) is 0 Å². The summed E-state index contributed by atoms with van der Waals surface area (Å²) < 4.78 is 4.84. The van der Waals surface area contributed by atoms with Gasteiger partial charge in [0.15, 0.2) is 0 Å². The Labute approximate surface area is 124 Å². The van der Waals surface area contributed by atoms with Crippen molar-refractivity contribution in [2.45, 2.75) is 13.0 Å². The molecule has 110 valence electrons. The van der Waals surface area contributed by atoms with Crippen molar-refractivity contribution in [1.29, 1.82) is 0 Å². The molecule has 1 heterocycles. The lowest BCUT2D eigenvalue weighted by Gasteiger charge is -2.40. The largest absolute Gasteiger partial charge is 0.465 e. The van der Waals surface area contributed by atoms with Crippen LogP contribution in [0.3, 0.4) is 0 Å². The van der Waals surface area contributed by atoms with Crippen molar-refractivity contribution >= 4 is 28.9 Å². The van der Waals surface area contributed by atoms with E-state index in [1.54, 1.807) is 12.1 Å². The number of nitrogens with two attached hydrogens (primary N) is 1. The Morgan fingerprint density at radius 2 is 2.15 bits per heavy atom. The maximum atomic E-state index is 12.0. The molecule has 5 nitrogen and oxygen atoms in total. The predicted molar refractivity (Wildman–Crippen MR) is 81.5 cm³/mol. The fourth-order valence-electron chi connectivity index (χ4n) is 2.65. The van der Waals surface area contributed by atoms with Crippen LogP contribution >= 0.6 is 11.6 Å². The molecule has 0 radical (unpaired) electrons. The van der Waals surface area contributed by atoms with Crippen molar-refractivity contribution in [2.75, 3.05) is 44.4 Å². The van der Waals surface area contributed by atoms with Gasteiger partial charge in [-0.15, -0.1) is 0 Å². The van der Waals surface area contributed by atoms with E-state index in [1.165, 1.54) is 7.11 Å². The summed E-state index contributed by atoms with van der Waals surface area (Å²) >= 11 is 6.33. The minimum Gasteiger partial charge on any atom is -0.465 e. The van der Waals surface area contributed by atoms with Crippen molar-refractivity contribution in [3.05, 3.63) is 22.7 Å². The van der Waals surface area contributed by atoms with Crippen molar-refractivity contribution in [3.63, 3.8) is 0 Å². The smallest absolute Gasteiger partial charge is 0.340 e. The van der Waals surface area contributed by atoms with Crippen LogP contribution in [-0.2, 0) is 4.74 Å². The van der Waals surface area contributed by atoms with Gasteiger partial charge in [0.2, 0.25) is 0 Å². The molecule has 0 bridgehead atoms. The highest BCUT2D eigenvalue weighted by Crippen LogP contribution is 2.35. The van der Waals surface area contributed by atoms with Crippen LogP contribution in [0.4, 0.5) is 11.4 Å². The molecule has 20 heavy (non-hydrogen) atoms. The second-order valence-electron chi connectivity index (χ2n) is 5.20. The zero-order chi connectivity index (χ0) is 14.9. The van der Waals surface area contributed by atoms with Gasteiger partial charge in [-0.2, -0.15) is 0 Å². The molecule has 1 fully saturated rings. The van der Waals surface area contributed by atoms with Crippen LogP contribution in [0.25, 0.3) is 0 Å². The number of benzene rings is 1. The lowest BCUT2D eigenvalue weighted by Crippen LogP contribution is -2.51. The van der Waals surface area contributed by atoms with E-state index in [2.05, 4.69) is 23.8 Å². The number of hydrogen-bond donors (Lipinski definition) is 1. The number of ether oxygens (including phenoxy) is 1. The van der Waals surface area contributed by atoms with Gasteiger partial charge in [0.25, 0.3) is 0 Å². The van der Waals surface area contributed by atoms with Gasteiger partial charge in [0.1, 0.15) is 0 Å². The summed E-state index contributed by atoms with van der Waals surface area (Å²) in [6, 6.07) is 3.56. The Balaban J connectivity index is 2.47. The highest BCUT2D eigenvalue weighted by molar-refractivity contribution is 6.34. The molecule has 2 rings (SSSR count). The van der Waals surface area contributed by atoms with Crippen LogP contribution in [0.1, 0.15) is 17.3 Å². The predicted octanol–water partition coefficient (Wildman–Crippen LogP) is 1.85. The third kappa shape index (κ3) is 2.83. The van der Waals surface area contributed by atoms with Gasteiger partial charge in [-0.25, -0.2) is 4.79 Å². The number of methoxy groups -OCH3 is 1. The summed E-state index contributed by atoms with van der Waals surface area (Å²) in [6.45, 7) is 4.77. The second kappa shape index (κ2) is 5.89. The maximum absolute atomic E-state index is 12.0. The topological polar surface area (TPSA) is 58.8 Å². The standard InChI is InChI=1S/C14H20ClN3O2/c1-9-8-17(2)4-5-18(9)13-11(14(19)20-3)6-10(16)7-12(13)15/h6-7,9H,4-5,8,16H2,1-3H3. The first-order valence-electron chi connectivity index (χ1n) is 6.56. The summed E-state index contributed by atoms with van der Waals surface area (Å²) in [5.74, 6) is -0.416. The van der Waals surface area contributed by atoms with Crippen molar-refractivity contribution < 1.29 is 9.53 Å². The average molecular weight is 298 g/mol. The van der Waals surface area contributed by atoms with Crippen LogP contribution in [0.2, 0.25) is 5.02 Å². The summed E-state index contributed by atoms with van der Waals surface area (Å²) in [5.41, 5.74) is 7.39. The normalized spacial score (nSPS) is 20.0. The van der Waals surface area contributed by atoms with E-state index in [1.807, 2.05) is 0 Å². The quantitative estimate of drug-likeness (QED) is 0.667. The van der Waals surface area contributed by atoms with Crippen LogP contribution in [-0.4, -0.2) is 50.7 Å². The van der Waals surface area contributed by atoms with E-state index in [9.17, 15) is 4.79 Å². The first kappa shape index (κ1) is 14.9. The zero-order valence-corrected chi connectivity index (χ0v) is 12.8. The van der Waals surface area contributed by atoms with Crippen molar-refractivity contribution in [1.82, 2.24) is 4.90 Å². The van der Waals surface area contributed by atoms with Crippen LogP contribution in [0, 0.1) is 0 Å². The van der Waals surface area contributed by atoms with Gasteiger partial charge in [-0.1, -0.05) is 11.6 Å². The number of nitrogen functional groups attached to an aromatic ring is 1. The second-order valence-corrected chi connectivity index (χ2v) is 5.60. The third-order valence-electron chi connectivity index (χ3n) is 3.61. The molecule has 0 saturated carbocycles. The molecule has 2 N–H and O–H groups in total. The zero-order valence-electron chi connectivity index (χ0n) is 12.0. The number of carbonyl (C=O) groups is 1. The summed E-state index contributed by atoms with van der Waals surface area (Å²) in [5, 5.41) is 0.488. The molecule has 1 saturated heterocycles. The van der Waals surface area contributed by atoms with E-state index in [-0.39, 0.29) is 6.04 Å². The highest BCUT2D eigenvalue weighted by atomic mass is 35.5. The van der Waals surface area contributed by atoms with Gasteiger partial charge in [0.05, 0.1) is 23.4 Å². The fourth-order valence-corrected chi connectivity index (χ4v) is 2.99.